The zero-order chi connectivity index (χ0) is 11.5. The Morgan fingerprint density at radius 3 is 2.53 bits per heavy atom. The van der Waals surface area contributed by atoms with Crippen molar-refractivity contribution in [1.82, 2.24) is 0 Å². The van der Waals surface area contributed by atoms with E-state index in [1.807, 2.05) is 6.92 Å². The molecule has 0 heterocycles. The Balaban J connectivity index is 3.07. The molecular weight excluding hydrogens is 196 g/mol. The molecule has 0 aliphatic rings. The largest absolute Gasteiger partial charge is 0.327 e. The first-order chi connectivity index (χ1) is 7.03. The Morgan fingerprint density at radius 1 is 1.40 bits per heavy atom. The van der Waals surface area contributed by atoms with Crippen molar-refractivity contribution in [3.05, 3.63) is 35.1 Å². The van der Waals surface area contributed by atoms with Crippen molar-refractivity contribution in [3.63, 3.8) is 0 Å². The Morgan fingerprint density at radius 2 is 2.07 bits per heavy atom. The number of alkyl halides is 1. The van der Waals surface area contributed by atoms with Gasteiger partial charge < -0.3 is 5.73 Å². The van der Waals surface area contributed by atoms with Gasteiger partial charge in [-0.15, -0.1) is 0 Å². The van der Waals surface area contributed by atoms with Crippen molar-refractivity contribution in [2.24, 2.45) is 5.73 Å². The number of hydrogen-bond acceptors (Lipinski definition) is 1. The monoisotopic (exact) mass is 213 g/mol. The van der Waals surface area contributed by atoms with Crippen LogP contribution in [0.4, 0.5) is 8.78 Å². The molecule has 1 aromatic rings. The maximum Gasteiger partial charge on any atom is 0.148 e. The summed E-state index contributed by atoms with van der Waals surface area (Å²) in [5.74, 6) is -0.376. The molecule has 2 N–H and O–H groups in total. The van der Waals surface area contributed by atoms with Crippen molar-refractivity contribution in [2.75, 3.05) is 6.54 Å². The first-order valence-corrected chi connectivity index (χ1v) is 5.19. The van der Waals surface area contributed by atoms with Gasteiger partial charge in [0, 0.05) is 6.54 Å². The lowest BCUT2D eigenvalue weighted by Crippen LogP contribution is -2.30. The fraction of sp³-hybridized carbons (Fsp3) is 0.500. The second-order valence-electron chi connectivity index (χ2n) is 3.88. The van der Waals surface area contributed by atoms with Gasteiger partial charge in [-0.25, -0.2) is 8.78 Å². The highest BCUT2D eigenvalue weighted by Crippen LogP contribution is 2.30. The number of rotatable bonds is 4. The van der Waals surface area contributed by atoms with E-state index in [0.717, 1.165) is 0 Å². The minimum atomic E-state index is -1.59. The fourth-order valence-electron chi connectivity index (χ4n) is 1.63. The summed E-state index contributed by atoms with van der Waals surface area (Å²) in [5.41, 5.74) is 4.69. The van der Waals surface area contributed by atoms with Gasteiger partial charge in [-0.1, -0.05) is 25.5 Å². The number of benzene rings is 1. The molecule has 1 atom stereocenters. The van der Waals surface area contributed by atoms with E-state index in [4.69, 9.17) is 5.73 Å². The summed E-state index contributed by atoms with van der Waals surface area (Å²) in [7, 11) is 0. The van der Waals surface area contributed by atoms with E-state index in [1.54, 1.807) is 19.1 Å². The molecule has 0 bridgehead atoms. The average Bonchev–Trinajstić information content (AvgIpc) is 2.22. The van der Waals surface area contributed by atoms with E-state index >= 15 is 0 Å². The third-order valence-electron chi connectivity index (χ3n) is 2.66. The standard InChI is InChI=1S/C12H17F2N/c1-3-6-12(14,8-15)10-5-4-9(2)11(13)7-10/h4-5,7H,3,6,8,15H2,1-2H3. The summed E-state index contributed by atoms with van der Waals surface area (Å²) >= 11 is 0. The van der Waals surface area contributed by atoms with Gasteiger partial charge in [-0.3, -0.25) is 0 Å². The van der Waals surface area contributed by atoms with E-state index < -0.39 is 5.67 Å². The Bertz CT molecular complexity index is 338. The first kappa shape index (κ1) is 12.1. The molecule has 0 aliphatic heterocycles. The highest BCUT2D eigenvalue weighted by molar-refractivity contribution is 5.28. The van der Waals surface area contributed by atoms with E-state index in [-0.39, 0.29) is 12.4 Å². The SMILES string of the molecule is CCCC(F)(CN)c1ccc(C)c(F)c1. The average molecular weight is 213 g/mol. The molecule has 0 aromatic heterocycles. The molecule has 1 nitrogen and oxygen atoms in total. The molecule has 0 amide bonds. The van der Waals surface area contributed by atoms with Crippen molar-refractivity contribution in [3.8, 4) is 0 Å². The normalized spacial score (nSPS) is 15.0. The van der Waals surface area contributed by atoms with E-state index in [1.165, 1.54) is 6.07 Å². The highest BCUT2D eigenvalue weighted by atomic mass is 19.1. The van der Waals surface area contributed by atoms with Crippen molar-refractivity contribution in [1.29, 1.82) is 0 Å². The van der Waals surface area contributed by atoms with Crippen LogP contribution in [0.2, 0.25) is 0 Å². The predicted octanol–water partition coefficient (Wildman–Crippen LogP) is 3.06. The van der Waals surface area contributed by atoms with Crippen LogP contribution in [0.5, 0.6) is 0 Å². The van der Waals surface area contributed by atoms with Crippen LogP contribution in [0.15, 0.2) is 18.2 Å². The molecular formula is C12H17F2N. The molecule has 0 radical (unpaired) electrons. The van der Waals surface area contributed by atoms with Crippen LogP contribution in [0.1, 0.15) is 30.9 Å². The summed E-state index contributed by atoms with van der Waals surface area (Å²) < 4.78 is 27.6. The lowest BCUT2D eigenvalue weighted by atomic mass is 9.90. The zero-order valence-electron chi connectivity index (χ0n) is 9.19. The van der Waals surface area contributed by atoms with Crippen LogP contribution in [0.25, 0.3) is 0 Å². The van der Waals surface area contributed by atoms with Crippen LogP contribution < -0.4 is 5.73 Å². The van der Waals surface area contributed by atoms with Gasteiger partial charge in [-0.2, -0.15) is 0 Å². The van der Waals surface area contributed by atoms with E-state index in [9.17, 15) is 8.78 Å². The second-order valence-corrected chi connectivity index (χ2v) is 3.88. The van der Waals surface area contributed by atoms with Crippen LogP contribution in [-0.2, 0) is 5.67 Å². The molecule has 1 aromatic carbocycles. The lowest BCUT2D eigenvalue weighted by molar-refractivity contribution is 0.159. The summed E-state index contributed by atoms with van der Waals surface area (Å²) in [6.45, 7) is 3.43. The van der Waals surface area contributed by atoms with Crippen LogP contribution in [0.3, 0.4) is 0 Å². The summed E-state index contributed by atoms with van der Waals surface area (Å²) in [5, 5.41) is 0. The van der Waals surface area contributed by atoms with E-state index in [0.29, 0.717) is 24.0 Å². The van der Waals surface area contributed by atoms with Gasteiger partial charge in [-0.05, 0) is 30.5 Å². The molecule has 84 valence electrons. The minimum Gasteiger partial charge on any atom is -0.327 e. The third-order valence-corrected chi connectivity index (χ3v) is 2.66. The van der Waals surface area contributed by atoms with Crippen molar-refractivity contribution >= 4 is 0 Å². The number of aryl methyl sites for hydroxylation is 1. The molecule has 0 saturated carbocycles. The van der Waals surface area contributed by atoms with Gasteiger partial charge >= 0.3 is 0 Å². The van der Waals surface area contributed by atoms with Gasteiger partial charge in [0.2, 0.25) is 0 Å². The summed E-state index contributed by atoms with van der Waals surface area (Å²) in [4.78, 5) is 0. The molecule has 0 aliphatic carbocycles. The van der Waals surface area contributed by atoms with Crippen molar-refractivity contribution < 1.29 is 8.78 Å². The minimum absolute atomic E-state index is 0.108. The Labute approximate surface area is 89.3 Å². The fourth-order valence-corrected chi connectivity index (χ4v) is 1.63. The lowest BCUT2D eigenvalue weighted by Gasteiger charge is -2.23. The number of halogens is 2. The number of nitrogens with two attached hydrogens (primary N) is 1. The molecule has 0 spiro atoms. The maximum atomic E-state index is 14.3. The second kappa shape index (κ2) is 4.71. The molecule has 15 heavy (non-hydrogen) atoms. The van der Waals surface area contributed by atoms with Gasteiger partial charge in [0.05, 0.1) is 0 Å². The topological polar surface area (TPSA) is 26.0 Å². The Hall–Kier alpha value is -0.960. The quantitative estimate of drug-likeness (QED) is 0.817. The van der Waals surface area contributed by atoms with Gasteiger partial charge in [0.1, 0.15) is 11.5 Å². The van der Waals surface area contributed by atoms with Crippen LogP contribution in [0, 0.1) is 12.7 Å². The van der Waals surface area contributed by atoms with Crippen molar-refractivity contribution in [2.45, 2.75) is 32.4 Å². The molecule has 0 saturated heterocycles. The molecule has 1 rings (SSSR count). The molecule has 3 heteroatoms. The van der Waals surface area contributed by atoms with E-state index in [2.05, 4.69) is 0 Å². The zero-order valence-corrected chi connectivity index (χ0v) is 9.19. The van der Waals surface area contributed by atoms with Crippen LogP contribution >= 0.6 is 0 Å². The maximum absolute atomic E-state index is 14.3. The number of hydrogen-bond donors (Lipinski definition) is 1. The van der Waals surface area contributed by atoms with Crippen LogP contribution in [-0.4, -0.2) is 6.54 Å². The first-order valence-electron chi connectivity index (χ1n) is 5.19. The summed E-state index contributed by atoms with van der Waals surface area (Å²) in [6.07, 6.45) is 1.01. The molecule has 0 fully saturated rings. The smallest absolute Gasteiger partial charge is 0.148 e. The molecule has 1 unspecified atom stereocenters. The van der Waals surface area contributed by atoms with Gasteiger partial charge in [0.15, 0.2) is 0 Å². The third kappa shape index (κ3) is 2.53. The summed E-state index contributed by atoms with van der Waals surface area (Å²) in [6, 6.07) is 4.45. The van der Waals surface area contributed by atoms with Gasteiger partial charge in [0.25, 0.3) is 0 Å². The predicted molar refractivity (Wildman–Crippen MR) is 57.9 cm³/mol. The Kier molecular flexibility index (Phi) is 3.80. The highest BCUT2D eigenvalue weighted by Gasteiger charge is 2.29.